The Bertz CT molecular complexity index is 1020. The second kappa shape index (κ2) is 7.72. The highest BCUT2D eigenvalue weighted by Gasteiger charge is 2.36. The smallest absolute Gasteiger partial charge is 0.242 e. The van der Waals surface area contributed by atoms with Gasteiger partial charge in [-0.1, -0.05) is 0 Å². The quantitative estimate of drug-likeness (QED) is 0.627. The van der Waals surface area contributed by atoms with Gasteiger partial charge in [0.15, 0.2) is 0 Å². The molecule has 2 aliphatic carbocycles. The van der Waals surface area contributed by atoms with Crippen LogP contribution in [0.15, 0.2) is 23.1 Å². The van der Waals surface area contributed by atoms with Crippen LogP contribution in [0.4, 0.5) is 0 Å². The maximum Gasteiger partial charge on any atom is 0.242 e. The Hall–Kier alpha value is -1.93. The van der Waals surface area contributed by atoms with Crippen LogP contribution in [0.5, 0.6) is 0 Å². The molecule has 2 fully saturated rings. The van der Waals surface area contributed by atoms with E-state index in [4.69, 9.17) is 4.98 Å². The van der Waals surface area contributed by atoms with Crippen molar-refractivity contribution in [2.75, 3.05) is 20.6 Å². The average Bonchev–Trinajstić information content (AvgIpc) is 3.60. The van der Waals surface area contributed by atoms with Gasteiger partial charge in [0.05, 0.1) is 15.9 Å². The molecule has 4 rings (SSSR count). The third-order valence-electron chi connectivity index (χ3n) is 5.92. The van der Waals surface area contributed by atoms with Crippen LogP contribution in [-0.4, -0.2) is 59.8 Å². The number of sulfonamides is 1. The van der Waals surface area contributed by atoms with E-state index in [0.717, 1.165) is 37.3 Å². The number of nitrogens with zero attached hydrogens (tertiary/aromatic N) is 4. The zero-order valence-corrected chi connectivity index (χ0v) is 18.3. The molecule has 7 nitrogen and oxygen atoms in total. The van der Waals surface area contributed by atoms with Gasteiger partial charge in [0.2, 0.25) is 15.9 Å². The normalized spacial score (nSPS) is 17.2. The standard InChI is InChI=1S/C21H30N4O3S/c1-4-24-19-10-9-17(29(27,28)23(2)3)13-18(19)22-20(24)11-12-21(26)25(16-7-8-16)14-15-5-6-15/h9-10,13,15-16H,4-8,11-12,14H2,1-3H3. The van der Waals surface area contributed by atoms with Gasteiger partial charge in [0.1, 0.15) is 5.82 Å². The van der Waals surface area contributed by atoms with Crippen molar-refractivity contribution in [1.29, 1.82) is 0 Å². The summed E-state index contributed by atoms with van der Waals surface area (Å²) in [5.74, 6) is 1.78. The monoisotopic (exact) mass is 418 g/mol. The van der Waals surface area contributed by atoms with Crippen molar-refractivity contribution in [3.63, 3.8) is 0 Å². The van der Waals surface area contributed by atoms with Crippen LogP contribution in [0.3, 0.4) is 0 Å². The molecule has 0 unspecified atom stereocenters. The number of hydrogen-bond donors (Lipinski definition) is 0. The maximum atomic E-state index is 12.8. The lowest BCUT2D eigenvalue weighted by Gasteiger charge is -2.22. The molecule has 158 valence electrons. The highest BCUT2D eigenvalue weighted by atomic mass is 32.2. The largest absolute Gasteiger partial charge is 0.339 e. The molecule has 8 heteroatoms. The first-order valence-corrected chi connectivity index (χ1v) is 12.0. The minimum absolute atomic E-state index is 0.227. The summed E-state index contributed by atoms with van der Waals surface area (Å²) in [5, 5.41) is 0. The Labute approximate surface area is 172 Å². The summed E-state index contributed by atoms with van der Waals surface area (Å²) in [6.07, 6.45) is 5.80. The number of carbonyl (C=O) groups is 1. The Balaban J connectivity index is 1.54. The van der Waals surface area contributed by atoms with Crippen LogP contribution in [0.1, 0.15) is 44.9 Å². The summed E-state index contributed by atoms with van der Waals surface area (Å²) in [7, 11) is -0.456. The number of benzene rings is 1. The molecular weight excluding hydrogens is 388 g/mol. The molecule has 1 heterocycles. The predicted molar refractivity (Wildman–Crippen MR) is 112 cm³/mol. The second-order valence-corrected chi connectivity index (χ2v) is 10.6. The zero-order valence-electron chi connectivity index (χ0n) is 17.5. The molecule has 2 aromatic rings. The molecule has 0 aliphatic heterocycles. The van der Waals surface area contributed by atoms with Crippen LogP contribution in [-0.2, 0) is 27.8 Å². The second-order valence-electron chi connectivity index (χ2n) is 8.43. The van der Waals surface area contributed by atoms with Crippen molar-refractivity contribution in [3.05, 3.63) is 24.0 Å². The summed E-state index contributed by atoms with van der Waals surface area (Å²) in [6, 6.07) is 5.53. The molecule has 29 heavy (non-hydrogen) atoms. The van der Waals surface area contributed by atoms with Crippen molar-refractivity contribution in [2.45, 2.75) is 62.9 Å². The van der Waals surface area contributed by atoms with E-state index < -0.39 is 10.0 Å². The summed E-state index contributed by atoms with van der Waals surface area (Å²) < 4.78 is 28.1. The van der Waals surface area contributed by atoms with Gasteiger partial charge < -0.3 is 9.47 Å². The predicted octanol–water partition coefficient (Wildman–Crippen LogP) is 2.64. The van der Waals surface area contributed by atoms with E-state index in [1.807, 2.05) is 13.0 Å². The number of imidazole rings is 1. The van der Waals surface area contributed by atoms with Crippen molar-refractivity contribution in [1.82, 2.24) is 18.8 Å². The van der Waals surface area contributed by atoms with Gasteiger partial charge in [-0.25, -0.2) is 17.7 Å². The van der Waals surface area contributed by atoms with E-state index >= 15 is 0 Å². The highest BCUT2D eigenvalue weighted by molar-refractivity contribution is 7.89. The SMILES string of the molecule is CCn1c(CCC(=O)N(CC2CC2)C2CC2)nc2cc(S(=O)(=O)N(C)C)ccc21. The summed E-state index contributed by atoms with van der Waals surface area (Å²) >= 11 is 0. The first-order chi connectivity index (χ1) is 13.8. The molecule has 0 atom stereocenters. The van der Waals surface area contributed by atoms with E-state index in [1.54, 1.807) is 12.1 Å². The molecule has 1 amide bonds. The Kier molecular flexibility index (Phi) is 5.42. The molecule has 0 radical (unpaired) electrons. The molecule has 0 spiro atoms. The zero-order chi connectivity index (χ0) is 20.8. The van der Waals surface area contributed by atoms with Crippen molar-refractivity contribution >= 4 is 27.0 Å². The summed E-state index contributed by atoms with van der Waals surface area (Å²) in [6.45, 7) is 3.69. The van der Waals surface area contributed by atoms with Gasteiger partial charge in [-0.2, -0.15) is 0 Å². The molecule has 1 aromatic heterocycles. The minimum atomic E-state index is -3.50. The number of fused-ring (bicyclic) bond motifs is 1. The lowest BCUT2D eigenvalue weighted by atomic mass is 10.2. The Morgan fingerprint density at radius 3 is 2.52 bits per heavy atom. The van der Waals surface area contributed by atoms with E-state index in [0.29, 0.717) is 30.3 Å². The Morgan fingerprint density at radius 1 is 1.21 bits per heavy atom. The molecule has 0 saturated heterocycles. The first-order valence-electron chi connectivity index (χ1n) is 10.5. The van der Waals surface area contributed by atoms with Gasteiger partial charge in [0, 0.05) is 46.1 Å². The van der Waals surface area contributed by atoms with Crippen LogP contribution in [0.2, 0.25) is 0 Å². The Morgan fingerprint density at radius 2 is 1.93 bits per heavy atom. The van der Waals surface area contributed by atoms with E-state index in [2.05, 4.69) is 9.47 Å². The van der Waals surface area contributed by atoms with Crippen LogP contribution < -0.4 is 0 Å². The van der Waals surface area contributed by atoms with Crippen LogP contribution in [0, 0.1) is 5.92 Å². The number of hydrogen-bond acceptors (Lipinski definition) is 4. The third kappa shape index (κ3) is 4.19. The first kappa shape index (κ1) is 20.3. The molecule has 2 saturated carbocycles. The van der Waals surface area contributed by atoms with Gasteiger partial charge in [0.25, 0.3) is 0 Å². The fourth-order valence-electron chi connectivity index (χ4n) is 3.86. The summed E-state index contributed by atoms with van der Waals surface area (Å²) in [5.41, 5.74) is 1.57. The average molecular weight is 419 g/mol. The van der Waals surface area contributed by atoms with Gasteiger partial charge in [-0.3, -0.25) is 4.79 Å². The van der Waals surface area contributed by atoms with Crippen molar-refractivity contribution < 1.29 is 13.2 Å². The number of aryl methyl sites for hydroxylation is 2. The molecule has 0 N–H and O–H groups in total. The number of carbonyl (C=O) groups excluding carboxylic acids is 1. The topological polar surface area (TPSA) is 75.5 Å². The fraction of sp³-hybridized carbons (Fsp3) is 0.619. The fourth-order valence-corrected chi connectivity index (χ4v) is 4.78. The van der Waals surface area contributed by atoms with Crippen LogP contribution in [0.25, 0.3) is 11.0 Å². The summed E-state index contributed by atoms with van der Waals surface area (Å²) in [4.78, 5) is 19.9. The van der Waals surface area contributed by atoms with Crippen molar-refractivity contribution in [3.8, 4) is 0 Å². The van der Waals surface area contributed by atoms with E-state index in [-0.39, 0.29) is 10.8 Å². The van der Waals surface area contributed by atoms with Gasteiger partial charge in [-0.05, 0) is 56.7 Å². The van der Waals surface area contributed by atoms with E-state index in [9.17, 15) is 13.2 Å². The highest BCUT2D eigenvalue weighted by Crippen LogP contribution is 2.35. The lowest BCUT2D eigenvalue weighted by Crippen LogP contribution is -2.35. The number of amides is 1. The number of aromatic nitrogens is 2. The van der Waals surface area contributed by atoms with Crippen LogP contribution >= 0.6 is 0 Å². The van der Waals surface area contributed by atoms with E-state index in [1.165, 1.54) is 31.2 Å². The third-order valence-corrected chi connectivity index (χ3v) is 7.73. The maximum absolute atomic E-state index is 12.8. The van der Waals surface area contributed by atoms with Gasteiger partial charge in [-0.15, -0.1) is 0 Å². The van der Waals surface area contributed by atoms with Crippen molar-refractivity contribution in [2.24, 2.45) is 5.92 Å². The molecule has 0 bridgehead atoms. The molecule has 1 aromatic carbocycles. The number of rotatable bonds is 9. The lowest BCUT2D eigenvalue weighted by molar-refractivity contribution is -0.132. The molecular formula is C21H30N4O3S. The van der Waals surface area contributed by atoms with Gasteiger partial charge >= 0.3 is 0 Å². The molecule has 2 aliphatic rings. The minimum Gasteiger partial charge on any atom is -0.339 e.